The van der Waals surface area contributed by atoms with Crippen molar-refractivity contribution < 1.29 is 5.11 Å². The highest BCUT2D eigenvalue weighted by Gasteiger charge is 2.25. The molecule has 104 valence electrons. The van der Waals surface area contributed by atoms with Crippen LogP contribution in [0.5, 0.6) is 0 Å². The molecule has 0 aliphatic heterocycles. The van der Waals surface area contributed by atoms with Crippen molar-refractivity contribution in [2.24, 2.45) is 5.41 Å². The van der Waals surface area contributed by atoms with E-state index in [1.54, 1.807) is 12.1 Å². The normalized spacial score (nSPS) is 11.9. The molecular weight excluding hydrogens is 246 g/mol. The van der Waals surface area contributed by atoms with Crippen molar-refractivity contribution in [2.75, 3.05) is 18.5 Å². The molecule has 0 bridgehead atoms. The summed E-state index contributed by atoms with van der Waals surface area (Å²) in [6.07, 6.45) is 1.75. The Morgan fingerprint density at radius 1 is 1.42 bits per heavy atom. The molecule has 0 aromatic carbocycles. The van der Waals surface area contributed by atoms with E-state index in [1.165, 1.54) is 4.52 Å². The van der Waals surface area contributed by atoms with Crippen LogP contribution < -0.4 is 11.0 Å². The van der Waals surface area contributed by atoms with Crippen LogP contribution >= 0.6 is 0 Å². The fourth-order valence-electron chi connectivity index (χ4n) is 1.95. The first-order valence-electron chi connectivity index (χ1n) is 6.43. The maximum Gasteiger partial charge on any atom is 0.364 e. The van der Waals surface area contributed by atoms with Crippen molar-refractivity contribution in [1.82, 2.24) is 19.8 Å². The van der Waals surface area contributed by atoms with E-state index in [-0.39, 0.29) is 17.7 Å². The van der Waals surface area contributed by atoms with Gasteiger partial charge in [0.2, 0.25) is 0 Å². The zero-order valence-electron chi connectivity index (χ0n) is 11.2. The summed E-state index contributed by atoms with van der Waals surface area (Å²) in [4.78, 5) is 11.4. The molecule has 2 rings (SSSR count). The summed E-state index contributed by atoms with van der Waals surface area (Å²) in [5, 5.41) is 23.0. The fourth-order valence-corrected chi connectivity index (χ4v) is 1.95. The standard InChI is InChI=1S/C12H19N5O2/c1-3-12(4-2,8-18)7-13-9-5-6-10-14-15-11(19)17(10)16-9/h5-6,18H,3-4,7-8H2,1-2H3,(H,13,16)(H,15,19). The van der Waals surface area contributed by atoms with Gasteiger partial charge in [0, 0.05) is 12.0 Å². The Bertz CT molecular complexity index is 591. The number of nitrogens with one attached hydrogen (secondary N) is 2. The molecule has 0 spiro atoms. The molecule has 0 fully saturated rings. The molecule has 19 heavy (non-hydrogen) atoms. The highest BCUT2D eigenvalue weighted by molar-refractivity contribution is 5.43. The highest BCUT2D eigenvalue weighted by atomic mass is 16.3. The van der Waals surface area contributed by atoms with Crippen LogP contribution in [-0.2, 0) is 0 Å². The van der Waals surface area contributed by atoms with E-state index >= 15 is 0 Å². The number of aromatic nitrogens is 4. The second kappa shape index (κ2) is 5.40. The average molecular weight is 265 g/mol. The van der Waals surface area contributed by atoms with E-state index < -0.39 is 0 Å². The largest absolute Gasteiger partial charge is 0.396 e. The molecule has 2 aromatic heterocycles. The van der Waals surface area contributed by atoms with E-state index in [0.717, 1.165) is 12.8 Å². The summed E-state index contributed by atoms with van der Waals surface area (Å²) >= 11 is 0. The second-order valence-corrected chi connectivity index (χ2v) is 4.74. The number of nitrogens with zero attached hydrogens (tertiary/aromatic N) is 3. The number of hydrogen-bond donors (Lipinski definition) is 3. The quantitative estimate of drug-likeness (QED) is 0.712. The maximum atomic E-state index is 11.4. The molecule has 0 unspecified atom stereocenters. The molecular formula is C12H19N5O2. The Morgan fingerprint density at radius 2 is 2.16 bits per heavy atom. The van der Waals surface area contributed by atoms with E-state index in [2.05, 4.69) is 34.5 Å². The molecule has 0 aliphatic rings. The lowest BCUT2D eigenvalue weighted by Crippen LogP contribution is -2.32. The number of aromatic amines is 1. The topological polar surface area (TPSA) is 95.3 Å². The van der Waals surface area contributed by atoms with Gasteiger partial charge in [0.1, 0.15) is 5.82 Å². The first-order valence-corrected chi connectivity index (χ1v) is 6.43. The summed E-state index contributed by atoms with van der Waals surface area (Å²) < 4.78 is 1.21. The lowest BCUT2D eigenvalue weighted by Gasteiger charge is -2.29. The minimum atomic E-state index is -0.363. The number of aliphatic hydroxyl groups is 1. The number of aliphatic hydroxyl groups excluding tert-OH is 1. The number of hydrogen-bond acceptors (Lipinski definition) is 5. The zero-order valence-corrected chi connectivity index (χ0v) is 11.2. The summed E-state index contributed by atoms with van der Waals surface area (Å²) in [6, 6.07) is 3.48. The van der Waals surface area contributed by atoms with Gasteiger partial charge in [-0.3, -0.25) is 0 Å². The molecule has 0 aliphatic carbocycles. The van der Waals surface area contributed by atoms with E-state index in [0.29, 0.717) is 18.0 Å². The van der Waals surface area contributed by atoms with Gasteiger partial charge < -0.3 is 10.4 Å². The average Bonchev–Trinajstić information content (AvgIpc) is 2.82. The predicted octanol–water partition coefficient (Wildman–Crippen LogP) is 0.628. The minimum Gasteiger partial charge on any atom is -0.396 e. The minimum absolute atomic E-state index is 0.126. The smallest absolute Gasteiger partial charge is 0.364 e. The van der Waals surface area contributed by atoms with E-state index in [9.17, 15) is 9.90 Å². The van der Waals surface area contributed by atoms with Gasteiger partial charge in [0.05, 0.1) is 6.61 Å². The molecule has 7 nitrogen and oxygen atoms in total. The molecule has 2 aromatic rings. The monoisotopic (exact) mass is 265 g/mol. The number of fused-ring (bicyclic) bond motifs is 1. The van der Waals surface area contributed by atoms with E-state index in [1.807, 2.05) is 0 Å². The molecule has 2 heterocycles. The van der Waals surface area contributed by atoms with Crippen LogP contribution in [0.3, 0.4) is 0 Å². The fraction of sp³-hybridized carbons (Fsp3) is 0.583. The second-order valence-electron chi connectivity index (χ2n) is 4.74. The third-order valence-corrected chi connectivity index (χ3v) is 3.75. The van der Waals surface area contributed by atoms with Gasteiger partial charge in [0.25, 0.3) is 0 Å². The van der Waals surface area contributed by atoms with Crippen molar-refractivity contribution in [2.45, 2.75) is 26.7 Å². The van der Waals surface area contributed by atoms with Crippen LogP contribution in [0.15, 0.2) is 16.9 Å². The van der Waals surface area contributed by atoms with Crippen molar-refractivity contribution in [3.05, 3.63) is 22.6 Å². The van der Waals surface area contributed by atoms with Crippen molar-refractivity contribution >= 4 is 11.5 Å². The molecule has 0 amide bonds. The van der Waals surface area contributed by atoms with E-state index in [4.69, 9.17) is 0 Å². The first kappa shape index (κ1) is 13.5. The van der Waals surface area contributed by atoms with Crippen molar-refractivity contribution in [3.63, 3.8) is 0 Å². The van der Waals surface area contributed by atoms with Gasteiger partial charge in [-0.2, -0.15) is 9.61 Å². The van der Waals surface area contributed by atoms with Gasteiger partial charge in [0.15, 0.2) is 5.65 Å². The van der Waals surface area contributed by atoms with Gasteiger partial charge >= 0.3 is 5.69 Å². The third-order valence-electron chi connectivity index (χ3n) is 3.75. The molecule has 0 radical (unpaired) electrons. The number of H-pyrrole nitrogens is 1. The molecule has 0 saturated heterocycles. The van der Waals surface area contributed by atoms with Gasteiger partial charge in [-0.25, -0.2) is 9.89 Å². The zero-order chi connectivity index (χ0) is 13.9. The Hall–Kier alpha value is -1.89. The van der Waals surface area contributed by atoms with Crippen LogP contribution in [0.4, 0.5) is 5.82 Å². The van der Waals surface area contributed by atoms with Crippen LogP contribution in [0.25, 0.3) is 5.65 Å². The van der Waals surface area contributed by atoms with Crippen LogP contribution in [0, 0.1) is 5.41 Å². The molecule has 7 heteroatoms. The van der Waals surface area contributed by atoms with Crippen LogP contribution in [-0.4, -0.2) is 38.1 Å². The summed E-state index contributed by atoms with van der Waals surface area (Å²) in [6.45, 7) is 4.85. The summed E-state index contributed by atoms with van der Waals surface area (Å²) in [7, 11) is 0. The number of rotatable bonds is 6. The lowest BCUT2D eigenvalue weighted by molar-refractivity contribution is 0.127. The SMILES string of the molecule is CCC(CC)(CO)CNc1ccc2n[nH]c(=O)n2n1. The van der Waals surface area contributed by atoms with Crippen LogP contribution in [0.2, 0.25) is 0 Å². The maximum absolute atomic E-state index is 11.4. The Morgan fingerprint density at radius 3 is 2.79 bits per heavy atom. The molecule has 0 saturated carbocycles. The Balaban J connectivity index is 2.17. The molecule has 0 atom stereocenters. The Kier molecular flexibility index (Phi) is 3.84. The van der Waals surface area contributed by atoms with Gasteiger partial charge in [-0.05, 0) is 25.0 Å². The molecule has 3 N–H and O–H groups in total. The Labute approximate surface area is 110 Å². The first-order chi connectivity index (χ1) is 9.14. The van der Waals surface area contributed by atoms with Crippen LogP contribution in [0.1, 0.15) is 26.7 Å². The van der Waals surface area contributed by atoms with Crippen molar-refractivity contribution in [3.8, 4) is 0 Å². The predicted molar refractivity (Wildman–Crippen MR) is 72.2 cm³/mol. The van der Waals surface area contributed by atoms with Gasteiger partial charge in [-0.15, -0.1) is 5.10 Å². The lowest BCUT2D eigenvalue weighted by atomic mass is 9.83. The highest BCUT2D eigenvalue weighted by Crippen LogP contribution is 2.25. The number of anilines is 1. The summed E-state index contributed by atoms with van der Waals surface area (Å²) in [5.74, 6) is 0.593. The van der Waals surface area contributed by atoms with Gasteiger partial charge in [-0.1, -0.05) is 13.8 Å². The third kappa shape index (κ3) is 2.60. The summed E-state index contributed by atoms with van der Waals surface area (Å²) in [5.41, 5.74) is -0.0362. The van der Waals surface area contributed by atoms with Crippen molar-refractivity contribution in [1.29, 1.82) is 0 Å².